The number of anilines is 1. The summed E-state index contributed by atoms with van der Waals surface area (Å²) in [6.45, 7) is 5.48. The van der Waals surface area contributed by atoms with Gasteiger partial charge in [0.25, 0.3) is 0 Å². The fourth-order valence-electron chi connectivity index (χ4n) is 1.00. The minimum atomic E-state index is -0.456. The zero-order chi connectivity index (χ0) is 10.8. The number of nitrogen functional groups attached to an aromatic ring is 1. The Morgan fingerprint density at radius 3 is 2.71 bits per heavy atom. The number of H-pyrrole nitrogens is 1. The number of nitrogens with zero attached hydrogens (tertiary/aromatic N) is 1. The average Bonchev–Trinajstić information content (AvgIpc) is 2.30. The molecule has 0 unspecified atom stereocenters. The number of ether oxygens (including phenoxy) is 1. The molecule has 0 atom stereocenters. The second kappa shape index (κ2) is 3.69. The van der Waals surface area contributed by atoms with Gasteiger partial charge in [0, 0.05) is 11.8 Å². The summed E-state index contributed by atoms with van der Waals surface area (Å²) in [4.78, 5) is 11.3. The van der Waals surface area contributed by atoms with E-state index >= 15 is 0 Å². The van der Waals surface area contributed by atoms with Gasteiger partial charge in [-0.2, -0.15) is 5.10 Å². The van der Waals surface area contributed by atoms with Crippen LogP contribution in [0.25, 0.3) is 0 Å². The van der Waals surface area contributed by atoms with Crippen molar-refractivity contribution in [3.8, 4) is 0 Å². The Hall–Kier alpha value is -1.52. The molecular formula is C9H15N3O2. The number of aromatic amines is 1. The van der Waals surface area contributed by atoms with E-state index in [4.69, 9.17) is 10.5 Å². The Morgan fingerprint density at radius 1 is 1.64 bits per heavy atom. The van der Waals surface area contributed by atoms with Crippen molar-refractivity contribution in [1.29, 1.82) is 0 Å². The van der Waals surface area contributed by atoms with Crippen LogP contribution < -0.4 is 5.73 Å². The van der Waals surface area contributed by atoms with Crippen LogP contribution in [-0.2, 0) is 16.0 Å². The first-order chi connectivity index (χ1) is 6.37. The third kappa shape index (κ3) is 3.47. The van der Waals surface area contributed by atoms with Crippen molar-refractivity contribution in [2.45, 2.75) is 32.8 Å². The molecule has 1 aromatic rings. The highest BCUT2D eigenvalue weighted by molar-refractivity contribution is 5.72. The number of esters is 1. The lowest BCUT2D eigenvalue weighted by atomic mass is 10.2. The molecule has 0 bridgehead atoms. The Morgan fingerprint density at radius 2 is 2.29 bits per heavy atom. The molecule has 1 rings (SSSR count). The molecular weight excluding hydrogens is 182 g/mol. The highest BCUT2D eigenvalue weighted by Crippen LogP contribution is 2.09. The van der Waals surface area contributed by atoms with Gasteiger partial charge in [0.1, 0.15) is 11.4 Å². The second-order valence-electron chi connectivity index (χ2n) is 4.08. The molecule has 0 spiro atoms. The molecule has 1 heterocycles. The van der Waals surface area contributed by atoms with Gasteiger partial charge < -0.3 is 10.5 Å². The van der Waals surface area contributed by atoms with E-state index in [0.29, 0.717) is 11.5 Å². The maximum absolute atomic E-state index is 11.3. The van der Waals surface area contributed by atoms with Crippen molar-refractivity contribution < 1.29 is 9.53 Å². The maximum atomic E-state index is 11.3. The van der Waals surface area contributed by atoms with Crippen LogP contribution in [0.1, 0.15) is 26.5 Å². The number of nitrogens with one attached hydrogen (secondary N) is 1. The first kappa shape index (κ1) is 10.6. The topological polar surface area (TPSA) is 81.0 Å². The third-order valence-electron chi connectivity index (χ3n) is 1.41. The first-order valence-corrected chi connectivity index (χ1v) is 4.38. The Bertz CT molecular complexity index is 325. The van der Waals surface area contributed by atoms with Gasteiger partial charge in [-0.3, -0.25) is 9.89 Å². The van der Waals surface area contributed by atoms with E-state index in [-0.39, 0.29) is 12.4 Å². The van der Waals surface area contributed by atoms with E-state index in [9.17, 15) is 4.79 Å². The van der Waals surface area contributed by atoms with E-state index in [1.165, 1.54) is 0 Å². The Kier molecular flexibility index (Phi) is 2.78. The number of rotatable bonds is 2. The zero-order valence-electron chi connectivity index (χ0n) is 8.63. The van der Waals surface area contributed by atoms with Crippen molar-refractivity contribution in [2.24, 2.45) is 0 Å². The van der Waals surface area contributed by atoms with Crippen LogP contribution >= 0.6 is 0 Å². The molecule has 0 radical (unpaired) electrons. The van der Waals surface area contributed by atoms with Gasteiger partial charge >= 0.3 is 5.97 Å². The quantitative estimate of drug-likeness (QED) is 0.689. The SMILES string of the molecule is CC(C)(C)OC(=O)Cc1cc(N)n[nH]1. The standard InChI is InChI=1S/C9H15N3O2/c1-9(2,3)14-8(13)5-6-4-7(10)12-11-6/h4H,5H2,1-3H3,(H3,10,11,12). The van der Waals surface area contributed by atoms with Crippen LogP contribution in [0.5, 0.6) is 0 Å². The highest BCUT2D eigenvalue weighted by atomic mass is 16.6. The van der Waals surface area contributed by atoms with Crippen molar-refractivity contribution in [2.75, 3.05) is 5.73 Å². The number of hydrogen-bond donors (Lipinski definition) is 2. The summed E-state index contributed by atoms with van der Waals surface area (Å²) in [7, 11) is 0. The summed E-state index contributed by atoms with van der Waals surface area (Å²) >= 11 is 0. The molecule has 0 aliphatic carbocycles. The second-order valence-corrected chi connectivity index (χ2v) is 4.08. The molecule has 0 saturated heterocycles. The van der Waals surface area contributed by atoms with Gasteiger partial charge in [-0.25, -0.2) is 0 Å². The molecule has 5 heteroatoms. The summed E-state index contributed by atoms with van der Waals surface area (Å²) in [5.74, 6) is 0.0877. The number of carbonyl (C=O) groups is 1. The summed E-state index contributed by atoms with van der Waals surface area (Å²) in [5.41, 5.74) is 5.60. The molecule has 5 nitrogen and oxygen atoms in total. The number of hydrogen-bond acceptors (Lipinski definition) is 4. The van der Waals surface area contributed by atoms with Gasteiger partial charge in [0.15, 0.2) is 0 Å². The minimum Gasteiger partial charge on any atom is -0.460 e. The largest absolute Gasteiger partial charge is 0.460 e. The molecule has 0 amide bonds. The monoisotopic (exact) mass is 197 g/mol. The molecule has 1 aromatic heterocycles. The molecule has 0 aromatic carbocycles. The number of carbonyl (C=O) groups excluding carboxylic acids is 1. The molecule has 3 N–H and O–H groups in total. The van der Waals surface area contributed by atoms with E-state index in [1.807, 2.05) is 20.8 Å². The fourth-order valence-corrected chi connectivity index (χ4v) is 1.00. The summed E-state index contributed by atoms with van der Waals surface area (Å²) in [5, 5.41) is 6.36. The lowest BCUT2D eigenvalue weighted by Gasteiger charge is -2.18. The summed E-state index contributed by atoms with van der Waals surface area (Å²) < 4.78 is 5.12. The molecule has 78 valence electrons. The summed E-state index contributed by atoms with van der Waals surface area (Å²) in [6, 6.07) is 1.62. The molecule has 0 aliphatic heterocycles. The van der Waals surface area contributed by atoms with Gasteiger partial charge in [0.2, 0.25) is 0 Å². The molecule has 0 fully saturated rings. The van der Waals surface area contributed by atoms with E-state index in [1.54, 1.807) is 6.07 Å². The average molecular weight is 197 g/mol. The number of aromatic nitrogens is 2. The van der Waals surface area contributed by atoms with Crippen LogP contribution in [0.4, 0.5) is 5.82 Å². The van der Waals surface area contributed by atoms with E-state index in [0.717, 1.165) is 0 Å². The lowest BCUT2D eigenvalue weighted by molar-refractivity contribution is -0.153. The van der Waals surface area contributed by atoms with Crippen molar-refractivity contribution in [1.82, 2.24) is 10.2 Å². The molecule has 14 heavy (non-hydrogen) atoms. The Balaban J connectivity index is 2.50. The van der Waals surface area contributed by atoms with Crippen LogP contribution in [-0.4, -0.2) is 21.8 Å². The Labute approximate surface area is 82.6 Å². The highest BCUT2D eigenvalue weighted by Gasteiger charge is 2.16. The molecule has 0 saturated carbocycles. The fraction of sp³-hybridized carbons (Fsp3) is 0.556. The van der Waals surface area contributed by atoms with Crippen LogP contribution in [0.2, 0.25) is 0 Å². The zero-order valence-corrected chi connectivity index (χ0v) is 8.63. The van der Waals surface area contributed by atoms with Crippen molar-refractivity contribution in [3.63, 3.8) is 0 Å². The summed E-state index contributed by atoms with van der Waals surface area (Å²) in [6.07, 6.45) is 0.168. The van der Waals surface area contributed by atoms with Gasteiger partial charge in [-0.15, -0.1) is 0 Å². The van der Waals surface area contributed by atoms with Crippen LogP contribution in [0, 0.1) is 0 Å². The van der Waals surface area contributed by atoms with E-state index < -0.39 is 5.60 Å². The van der Waals surface area contributed by atoms with Gasteiger partial charge in [-0.05, 0) is 20.8 Å². The van der Waals surface area contributed by atoms with Crippen LogP contribution in [0.3, 0.4) is 0 Å². The van der Waals surface area contributed by atoms with Gasteiger partial charge in [0.05, 0.1) is 6.42 Å². The normalized spacial score (nSPS) is 11.4. The van der Waals surface area contributed by atoms with Crippen molar-refractivity contribution in [3.05, 3.63) is 11.8 Å². The maximum Gasteiger partial charge on any atom is 0.312 e. The predicted octanol–water partition coefficient (Wildman–Crippen LogP) is 0.876. The van der Waals surface area contributed by atoms with Crippen LogP contribution in [0.15, 0.2) is 6.07 Å². The van der Waals surface area contributed by atoms with Crippen molar-refractivity contribution >= 4 is 11.8 Å². The minimum absolute atomic E-state index is 0.168. The van der Waals surface area contributed by atoms with Gasteiger partial charge in [-0.1, -0.05) is 0 Å². The third-order valence-corrected chi connectivity index (χ3v) is 1.41. The smallest absolute Gasteiger partial charge is 0.312 e. The first-order valence-electron chi connectivity index (χ1n) is 4.38. The number of nitrogens with two attached hydrogens (primary N) is 1. The molecule has 0 aliphatic rings. The predicted molar refractivity (Wildman–Crippen MR) is 52.5 cm³/mol. The lowest BCUT2D eigenvalue weighted by Crippen LogP contribution is -2.24. The van der Waals surface area contributed by atoms with E-state index in [2.05, 4.69) is 10.2 Å².